The number of alkyl halides is 2. The summed E-state index contributed by atoms with van der Waals surface area (Å²) in [6.07, 6.45) is 4.50. The topological polar surface area (TPSA) is 119 Å². The summed E-state index contributed by atoms with van der Waals surface area (Å²) in [5, 5.41) is 15.9. The maximum Gasteiger partial charge on any atom is 0.284 e. The number of carbonyl (C=O) groups excluding carboxylic acids is 1. The number of rotatable bonds is 7. The fraction of sp³-hybridized carbons (Fsp3) is 0.500. The lowest BCUT2D eigenvalue weighted by molar-refractivity contribution is 0.102. The molecule has 1 aliphatic heterocycles. The number of morpholine rings is 1. The van der Waals surface area contributed by atoms with Crippen molar-refractivity contribution in [3.8, 4) is 11.5 Å². The highest BCUT2D eigenvalue weighted by Crippen LogP contribution is 2.34. The van der Waals surface area contributed by atoms with Crippen LogP contribution in [0.1, 0.15) is 54.3 Å². The van der Waals surface area contributed by atoms with E-state index < -0.39 is 18.0 Å². The summed E-state index contributed by atoms with van der Waals surface area (Å²) in [4.78, 5) is 23.6. The smallest absolute Gasteiger partial charge is 0.284 e. The number of ether oxygens (including phenoxy) is 1. The number of anilines is 2. The molecular weight excluding hydrogens is 474 g/mol. The Morgan fingerprint density at radius 3 is 2.72 bits per heavy atom. The van der Waals surface area contributed by atoms with E-state index in [2.05, 4.69) is 25.3 Å². The van der Waals surface area contributed by atoms with Gasteiger partial charge in [-0.25, -0.2) is 18.7 Å². The van der Waals surface area contributed by atoms with Gasteiger partial charge in [0.05, 0.1) is 24.9 Å². The number of carbonyl (C=O) groups is 1. The van der Waals surface area contributed by atoms with Gasteiger partial charge in [0.2, 0.25) is 5.89 Å². The van der Waals surface area contributed by atoms with Gasteiger partial charge in [0.1, 0.15) is 12.1 Å². The standard InChI is InChI=1S/C24H28F2N6O4/c25-22(26)21-18(12-32(30-21)17-3-1-15(13-33)2-4-17)28-23(34)19-14-36-24(29-19)16-5-6-27-20(11-16)31-7-9-35-10-8-31/h5-6,11-12,14-15,17,22,33H,1-4,7-10,13H2,(H,28,34)/t15-,17-. The first-order valence-electron chi connectivity index (χ1n) is 12.1. The third kappa shape index (κ3) is 5.24. The molecular formula is C24H28F2N6O4. The molecule has 3 aromatic rings. The highest BCUT2D eigenvalue weighted by molar-refractivity contribution is 6.03. The lowest BCUT2D eigenvalue weighted by Gasteiger charge is -2.27. The maximum atomic E-state index is 13.7. The lowest BCUT2D eigenvalue weighted by atomic mass is 9.87. The summed E-state index contributed by atoms with van der Waals surface area (Å²) >= 11 is 0. The van der Waals surface area contributed by atoms with Crippen LogP contribution < -0.4 is 10.2 Å². The van der Waals surface area contributed by atoms with Gasteiger partial charge >= 0.3 is 0 Å². The van der Waals surface area contributed by atoms with Crippen LogP contribution >= 0.6 is 0 Å². The number of amides is 1. The van der Waals surface area contributed by atoms with Crippen molar-refractivity contribution in [1.82, 2.24) is 19.7 Å². The van der Waals surface area contributed by atoms with Crippen LogP contribution in [0.25, 0.3) is 11.5 Å². The number of nitrogens with one attached hydrogen (secondary N) is 1. The number of aromatic nitrogens is 4. The molecule has 3 aromatic heterocycles. The van der Waals surface area contributed by atoms with Gasteiger partial charge in [0.15, 0.2) is 11.4 Å². The largest absolute Gasteiger partial charge is 0.444 e. The van der Waals surface area contributed by atoms with Crippen molar-refractivity contribution >= 4 is 17.4 Å². The fourth-order valence-electron chi connectivity index (χ4n) is 4.66. The quantitative estimate of drug-likeness (QED) is 0.502. The molecule has 0 spiro atoms. The molecule has 192 valence electrons. The number of pyridine rings is 1. The van der Waals surface area contributed by atoms with Gasteiger partial charge in [0.25, 0.3) is 12.3 Å². The molecule has 0 aromatic carbocycles. The molecule has 2 aliphatic rings. The number of hydrogen-bond donors (Lipinski definition) is 2. The highest BCUT2D eigenvalue weighted by atomic mass is 19.3. The van der Waals surface area contributed by atoms with E-state index in [1.54, 1.807) is 12.3 Å². The van der Waals surface area contributed by atoms with Gasteiger partial charge in [-0.3, -0.25) is 9.48 Å². The molecule has 0 radical (unpaired) electrons. The van der Waals surface area contributed by atoms with E-state index >= 15 is 0 Å². The van der Waals surface area contributed by atoms with E-state index in [9.17, 15) is 18.7 Å². The Balaban J connectivity index is 1.30. The second kappa shape index (κ2) is 10.7. The van der Waals surface area contributed by atoms with Crippen LogP contribution in [0.3, 0.4) is 0 Å². The summed E-state index contributed by atoms with van der Waals surface area (Å²) in [6, 6.07) is 3.49. The Hall–Kier alpha value is -3.38. The zero-order valence-corrected chi connectivity index (χ0v) is 19.6. The lowest BCUT2D eigenvalue weighted by Crippen LogP contribution is -2.36. The van der Waals surface area contributed by atoms with Gasteiger partial charge in [-0.15, -0.1) is 0 Å². The van der Waals surface area contributed by atoms with Crippen molar-refractivity contribution in [3.63, 3.8) is 0 Å². The van der Waals surface area contributed by atoms with Gasteiger partial charge in [-0.05, 0) is 43.7 Å². The van der Waals surface area contributed by atoms with Crippen LogP contribution in [0.2, 0.25) is 0 Å². The van der Waals surface area contributed by atoms with Crippen molar-refractivity contribution in [3.05, 3.63) is 42.2 Å². The minimum atomic E-state index is -2.85. The van der Waals surface area contributed by atoms with Crippen LogP contribution in [0.5, 0.6) is 0 Å². The molecule has 2 fully saturated rings. The molecule has 5 rings (SSSR count). The average molecular weight is 503 g/mol. The number of aliphatic hydroxyl groups is 1. The third-order valence-corrected chi connectivity index (χ3v) is 6.73. The predicted octanol–water partition coefficient (Wildman–Crippen LogP) is 3.68. The molecule has 4 heterocycles. The summed E-state index contributed by atoms with van der Waals surface area (Å²) in [5.41, 5.74) is 0.0688. The minimum Gasteiger partial charge on any atom is -0.444 e. The highest BCUT2D eigenvalue weighted by Gasteiger charge is 2.27. The molecule has 2 N–H and O–H groups in total. The van der Waals surface area contributed by atoms with Crippen LogP contribution in [0, 0.1) is 5.92 Å². The average Bonchev–Trinajstić information content (AvgIpc) is 3.58. The van der Waals surface area contributed by atoms with Crippen molar-refractivity contribution < 1.29 is 27.8 Å². The number of aliphatic hydroxyl groups excluding tert-OH is 1. The maximum absolute atomic E-state index is 13.7. The molecule has 1 amide bonds. The minimum absolute atomic E-state index is 0.0360. The summed E-state index contributed by atoms with van der Waals surface area (Å²) in [6.45, 7) is 2.81. The summed E-state index contributed by atoms with van der Waals surface area (Å²) in [7, 11) is 0. The zero-order chi connectivity index (χ0) is 25.1. The molecule has 1 saturated carbocycles. The second-order valence-electron chi connectivity index (χ2n) is 9.06. The Bertz CT molecular complexity index is 1180. The Labute approximate surface area is 206 Å². The van der Waals surface area contributed by atoms with Gasteiger partial charge < -0.3 is 24.5 Å². The molecule has 1 saturated heterocycles. The normalized spacial score (nSPS) is 20.6. The van der Waals surface area contributed by atoms with E-state index in [-0.39, 0.29) is 35.8 Å². The van der Waals surface area contributed by atoms with E-state index in [1.165, 1.54) is 17.1 Å². The van der Waals surface area contributed by atoms with E-state index in [0.29, 0.717) is 18.8 Å². The van der Waals surface area contributed by atoms with Gasteiger partial charge in [-0.1, -0.05) is 0 Å². The fourth-order valence-corrected chi connectivity index (χ4v) is 4.66. The Morgan fingerprint density at radius 2 is 2.00 bits per heavy atom. The number of nitrogens with zero attached hydrogens (tertiary/aromatic N) is 5. The van der Waals surface area contributed by atoms with Crippen LogP contribution in [-0.2, 0) is 4.74 Å². The first-order valence-corrected chi connectivity index (χ1v) is 12.1. The zero-order valence-electron chi connectivity index (χ0n) is 19.6. The van der Waals surface area contributed by atoms with Gasteiger partial charge in [-0.2, -0.15) is 5.10 Å². The van der Waals surface area contributed by atoms with Crippen molar-refractivity contribution in [2.45, 2.75) is 38.2 Å². The Kier molecular flexibility index (Phi) is 7.23. The van der Waals surface area contributed by atoms with Crippen LogP contribution in [0.4, 0.5) is 20.3 Å². The predicted molar refractivity (Wildman–Crippen MR) is 126 cm³/mol. The molecule has 0 atom stereocenters. The third-order valence-electron chi connectivity index (χ3n) is 6.73. The van der Waals surface area contributed by atoms with Gasteiger partial charge in [0, 0.05) is 37.7 Å². The monoisotopic (exact) mass is 502 g/mol. The number of oxazole rings is 1. The van der Waals surface area contributed by atoms with E-state index in [4.69, 9.17) is 9.15 Å². The van der Waals surface area contributed by atoms with E-state index in [0.717, 1.165) is 44.6 Å². The number of hydrogen-bond acceptors (Lipinski definition) is 8. The van der Waals surface area contributed by atoms with Crippen molar-refractivity contribution in [2.75, 3.05) is 43.1 Å². The molecule has 1 aliphatic carbocycles. The number of halogens is 2. The molecule has 12 heteroatoms. The first-order chi connectivity index (χ1) is 17.5. The van der Waals surface area contributed by atoms with Crippen molar-refractivity contribution in [1.29, 1.82) is 0 Å². The van der Waals surface area contributed by atoms with Crippen LogP contribution in [-0.4, -0.2) is 63.7 Å². The summed E-state index contributed by atoms with van der Waals surface area (Å²) in [5.74, 6) is 0.541. The molecule has 36 heavy (non-hydrogen) atoms. The second-order valence-corrected chi connectivity index (χ2v) is 9.06. The Morgan fingerprint density at radius 1 is 1.22 bits per heavy atom. The summed E-state index contributed by atoms with van der Waals surface area (Å²) < 4.78 is 39.8. The SMILES string of the molecule is O=C(Nc1cn([C@H]2CC[C@H](CO)CC2)nc1C(F)F)c1coc(-c2ccnc(N3CCOCC3)c2)n1. The molecule has 0 bridgehead atoms. The molecule has 0 unspecified atom stereocenters. The van der Waals surface area contributed by atoms with E-state index in [1.807, 2.05) is 6.07 Å². The van der Waals surface area contributed by atoms with Crippen LogP contribution in [0.15, 0.2) is 35.2 Å². The molecule has 10 nitrogen and oxygen atoms in total. The first kappa shape index (κ1) is 24.3. The van der Waals surface area contributed by atoms with Crippen molar-refractivity contribution in [2.24, 2.45) is 5.92 Å².